The average molecular weight is 227 g/mol. The fraction of sp³-hybridized carbons (Fsp3) is 0.167. The minimum atomic E-state index is 0.522. The molecule has 1 heterocycles. The van der Waals surface area contributed by atoms with Gasteiger partial charge in [0.15, 0.2) is 0 Å². The van der Waals surface area contributed by atoms with E-state index in [2.05, 4.69) is 16.5 Å². The Morgan fingerprint density at radius 3 is 2.76 bits per heavy atom. The number of aryl methyl sites for hydroxylation is 2. The summed E-state index contributed by atoms with van der Waals surface area (Å²) in [6, 6.07) is 7.31. The van der Waals surface area contributed by atoms with Crippen LogP contribution in [0.2, 0.25) is 0 Å². The van der Waals surface area contributed by atoms with Gasteiger partial charge in [0.25, 0.3) is 0 Å². The zero-order chi connectivity index (χ0) is 12.4. The molecule has 2 aromatic rings. The zero-order valence-electron chi connectivity index (χ0n) is 9.73. The van der Waals surface area contributed by atoms with Crippen molar-refractivity contribution in [2.75, 3.05) is 11.1 Å². The van der Waals surface area contributed by atoms with E-state index in [1.54, 1.807) is 22.9 Å². The normalized spacial score (nSPS) is 9.94. The van der Waals surface area contributed by atoms with Gasteiger partial charge in [0.05, 0.1) is 22.6 Å². The molecule has 5 heteroatoms. The maximum absolute atomic E-state index is 9.03. The number of nitrogens with two attached hydrogens (primary N) is 1. The lowest BCUT2D eigenvalue weighted by molar-refractivity contribution is 0.756. The first-order chi connectivity index (χ1) is 8.10. The molecule has 0 radical (unpaired) electrons. The van der Waals surface area contributed by atoms with Gasteiger partial charge in [-0.3, -0.25) is 4.68 Å². The third-order valence-electron chi connectivity index (χ3n) is 2.45. The van der Waals surface area contributed by atoms with Gasteiger partial charge in [-0.2, -0.15) is 10.4 Å². The molecule has 0 bridgehead atoms. The van der Waals surface area contributed by atoms with Crippen molar-refractivity contribution in [1.82, 2.24) is 9.78 Å². The predicted molar refractivity (Wildman–Crippen MR) is 66.8 cm³/mol. The van der Waals surface area contributed by atoms with Crippen molar-refractivity contribution in [1.29, 1.82) is 5.26 Å². The first-order valence-corrected chi connectivity index (χ1v) is 5.17. The van der Waals surface area contributed by atoms with Gasteiger partial charge in [0, 0.05) is 18.9 Å². The molecule has 86 valence electrons. The molecule has 0 aliphatic rings. The van der Waals surface area contributed by atoms with E-state index in [0.717, 1.165) is 17.1 Å². The molecule has 0 saturated heterocycles. The van der Waals surface area contributed by atoms with Gasteiger partial charge in [-0.25, -0.2) is 0 Å². The van der Waals surface area contributed by atoms with E-state index in [4.69, 9.17) is 11.0 Å². The fourth-order valence-corrected chi connectivity index (χ4v) is 1.63. The summed E-state index contributed by atoms with van der Waals surface area (Å²) >= 11 is 0. The van der Waals surface area contributed by atoms with Crippen LogP contribution in [-0.4, -0.2) is 9.78 Å². The lowest BCUT2D eigenvalue weighted by atomic mass is 10.1. The van der Waals surface area contributed by atoms with E-state index in [1.165, 1.54) is 0 Å². The Morgan fingerprint density at radius 1 is 1.41 bits per heavy atom. The van der Waals surface area contributed by atoms with Crippen LogP contribution in [0.4, 0.5) is 17.1 Å². The molecule has 0 fully saturated rings. The largest absolute Gasteiger partial charge is 0.399 e. The van der Waals surface area contributed by atoms with Gasteiger partial charge in [-0.1, -0.05) is 0 Å². The number of nitrogens with one attached hydrogen (secondary N) is 1. The second-order valence-corrected chi connectivity index (χ2v) is 3.84. The molecule has 0 saturated carbocycles. The molecular formula is C12H13N5. The van der Waals surface area contributed by atoms with E-state index in [0.29, 0.717) is 11.3 Å². The number of hydrogen-bond acceptors (Lipinski definition) is 4. The zero-order valence-corrected chi connectivity index (χ0v) is 9.73. The molecule has 0 aliphatic heterocycles. The number of nitriles is 1. The van der Waals surface area contributed by atoms with Crippen LogP contribution in [0, 0.1) is 18.3 Å². The minimum absolute atomic E-state index is 0.522. The van der Waals surface area contributed by atoms with E-state index in [9.17, 15) is 0 Å². The molecule has 5 nitrogen and oxygen atoms in total. The van der Waals surface area contributed by atoms with Gasteiger partial charge in [0.2, 0.25) is 0 Å². The first kappa shape index (κ1) is 11.0. The van der Waals surface area contributed by atoms with Crippen molar-refractivity contribution in [3.8, 4) is 6.07 Å². The smallest absolute Gasteiger partial charge is 0.101 e. The van der Waals surface area contributed by atoms with Gasteiger partial charge in [0.1, 0.15) is 6.07 Å². The van der Waals surface area contributed by atoms with E-state index >= 15 is 0 Å². The van der Waals surface area contributed by atoms with Crippen LogP contribution < -0.4 is 11.1 Å². The molecule has 0 aliphatic carbocycles. The van der Waals surface area contributed by atoms with Gasteiger partial charge < -0.3 is 11.1 Å². The first-order valence-electron chi connectivity index (χ1n) is 5.17. The molecule has 2 rings (SSSR count). The highest BCUT2D eigenvalue weighted by Crippen LogP contribution is 2.23. The van der Waals surface area contributed by atoms with Crippen molar-refractivity contribution in [3.05, 3.63) is 35.7 Å². The van der Waals surface area contributed by atoms with Crippen molar-refractivity contribution < 1.29 is 0 Å². The Bertz CT molecular complexity index is 591. The minimum Gasteiger partial charge on any atom is -0.399 e. The van der Waals surface area contributed by atoms with Gasteiger partial charge in [-0.05, 0) is 25.1 Å². The summed E-state index contributed by atoms with van der Waals surface area (Å²) in [5.74, 6) is 0. The molecule has 0 unspecified atom stereocenters. The summed E-state index contributed by atoms with van der Waals surface area (Å²) in [5.41, 5.74) is 9.24. The molecule has 1 aromatic carbocycles. The lowest BCUT2D eigenvalue weighted by Crippen LogP contribution is -1.95. The third kappa shape index (κ3) is 2.21. The van der Waals surface area contributed by atoms with Crippen molar-refractivity contribution in [3.63, 3.8) is 0 Å². The van der Waals surface area contributed by atoms with Crippen LogP contribution >= 0.6 is 0 Å². The van der Waals surface area contributed by atoms with Crippen molar-refractivity contribution >= 4 is 17.1 Å². The summed E-state index contributed by atoms with van der Waals surface area (Å²) in [4.78, 5) is 0. The van der Waals surface area contributed by atoms with Crippen LogP contribution in [0.5, 0.6) is 0 Å². The maximum atomic E-state index is 9.03. The monoisotopic (exact) mass is 227 g/mol. The summed E-state index contributed by atoms with van der Waals surface area (Å²) in [6.07, 6.45) is 1.87. The topological polar surface area (TPSA) is 79.7 Å². The Labute approximate surface area is 99.5 Å². The molecule has 3 N–H and O–H groups in total. The number of anilines is 3. The fourth-order valence-electron chi connectivity index (χ4n) is 1.63. The molecule has 0 spiro atoms. The molecule has 0 amide bonds. The quantitative estimate of drug-likeness (QED) is 0.768. The Morgan fingerprint density at radius 2 is 2.18 bits per heavy atom. The highest BCUT2D eigenvalue weighted by Gasteiger charge is 2.07. The summed E-state index contributed by atoms with van der Waals surface area (Å²) < 4.78 is 1.72. The van der Waals surface area contributed by atoms with Gasteiger partial charge >= 0.3 is 0 Å². The standard InChI is InChI=1S/C12H13N5/c1-8-12(7-17(2)16-8)15-11-4-3-10(14)5-9(11)6-13/h3-5,7,15H,14H2,1-2H3. The summed E-state index contributed by atoms with van der Waals surface area (Å²) in [7, 11) is 1.85. The number of nitrogens with zero attached hydrogens (tertiary/aromatic N) is 3. The Hall–Kier alpha value is -2.48. The Kier molecular flexibility index (Phi) is 2.71. The van der Waals surface area contributed by atoms with Crippen LogP contribution in [0.15, 0.2) is 24.4 Å². The molecule has 1 aromatic heterocycles. The van der Waals surface area contributed by atoms with Crippen molar-refractivity contribution in [2.45, 2.75) is 6.92 Å². The summed E-state index contributed by atoms with van der Waals surface area (Å²) in [6.45, 7) is 1.91. The highest BCUT2D eigenvalue weighted by molar-refractivity contribution is 5.69. The highest BCUT2D eigenvalue weighted by atomic mass is 15.3. The average Bonchev–Trinajstić information content (AvgIpc) is 2.60. The van der Waals surface area contributed by atoms with E-state index in [1.807, 2.05) is 20.2 Å². The molecular weight excluding hydrogens is 214 g/mol. The summed E-state index contributed by atoms with van der Waals surface area (Å²) in [5, 5.41) is 16.4. The number of aromatic nitrogens is 2. The van der Waals surface area contributed by atoms with E-state index < -0.39 is 0 Å². The van der Waals surface area contributed by atoms with Crippen LogP contribution in [0.25, 0.3) is 0 Å². The molecule has 17 heavy (non-hydrogen) atoms. The number of rotatable bonds is 2. The van der Waals surface area contributed by atoms with Crippen molar-refractivity contribution in [2.24, 2.45) is 7.05 Å². The van der Waals surface area contributed by atoms with Crippen LogP contribution in [-0.2, 0) is 7.05 Å². The van der Waals surface area contributed by atoms with Gasteiger partial charge in [-0.15, -0.1) is 0 Å². The SMILES string of the molecule is Cc1nn(C)cc1Nc1ccc(N)cc1C#N. The van der Waals surface area contributed by atoms with E-state index in [-0.39, 0.29) is 0 Å². The molecule has 0 atom stereocenters. The third-order valence-corrected chi connectivity index (χ3v) is 2.45. The predicted octanol–water partition coefficient (Wildman–Crippen LogP) is 1.93. The number of hydrogen-bond donors (Lipinski definition) is 2. The second-order valence-electron chi connectivity index (χ2n) is 3.84. The van der Waals surface area contributed by atoms with Crippen LogP contribution in [0.1, 0.15) is 11.3 Å². The Balaban J connectivity index is 2.37. The second kappa shape index (κ2) is 4.18. The number of nitrogen functional groups attached to an aromatic ring is 1. The maximum Gasteiger partial charge on any atom is 0.101 e. The lowest BCUT2D eigenvalue weighted by Gasteiger charge is -2.07. The van der Waals surface area contributed by atoms with Crippen LogP contribution in [0.3, 0.4) is 0 Å². The number of benzene rings is 1.